The summed E-state index contributed by atoms with van der Waals surface area (Å²) in [5.74, 6) is -0.707. The molecule has 0 spiro atoms. The van der Waals surface area contributed by atoms with Crippen LogP contribution in [0, 0.1) is 5.82 Å². The maximum atomic E-state index is 13.2. The van der Waals surface area contributed by atoms with Crippen LogP contribution in [0.3, 0.4) is 0 Å². The lowest BCUT2D eigenvalue weighted by molar-refractivity contribution is 0.101. The summed E-state index contributed by atoms with van der Waals surface area (Å²) in [5.41, 5.74) is 0.896. The van der Waals surface area contributed by atoms with E-state index in [0.717, 1.165) is 5.69 Å². The number of ketones is 1. The lowest BCUT2D eigenvalue weighted by Gasteiger charge is -2.12. The van der Waals surface area contributed by atoms with Gasteiger partial charge in [-0.05, 0) is 25.1 Å². The highest BCUT2D eigenvalue weighted by molar-refractivity contribution is 5.94. The minimum atomic E-state index is -0.460. The molecule has 0 aliphatic rings. The fourth-order valence-corrected chi connectivity index (χ4v) is 1.07. The summed E-state index contributed by atoms with van der Waals surface area (Å²) >= 11 is 0. The predicted molar refractivity (Wildman–Crippen MR) is 50.7 cm³/mol. The van der Waals surface area contributed by atoms with Crippen molar-refractivity contribution in [1.82, 2.24) is 0 Å². The second kappa shape index (κ2) is 3.56. The first-order valence-electron chi connectivity index (χ1n) is 4.00. The average Bonchev–Trinajstić information content (AvgIpc) is 2.03. The summed E-state index contributed by atoms with van der Waals surface area (Å²) in [6.07, 6.45) is 0. The smallest absolute Gasteiger partial charge is 0.162 e. The molecule has 0 fully saturated rings. The van der Waals surface area contributed by atoms with Crippen molar-refractivity contribution in [2.45, 2.75) is 6.92 Å². The van der Waals surface area contributed by atoms with E-state index in [0.29, 0.717) is 0 Å². The molecule has 13 heavy (non-hydrogen) atoms. The largest absolute Gasteiger partial charge is 0.378 e. The molecule has 0 atom stereocenters. The molecule has 0 aliphatic carbocycles. The maximum Gasteiger partial charge on any atom is 0.162 e. The second-order valence-corrected chi connectivity index (χ2v) is 3.11. The van der Waals surface area contributed by atoms with E-state index in [1.807, 2.05) is 14.1 Å². The third kappa shape index (κ3) is 2.05. The highest BCUT2D eigenvalue weighted by atomic mass is 19.1. The third-order valence-corrected chi connectivity index (χ3v) is 1.85. The molecule has 0 heterocycles. The summed E-state index contributed by atoms with van der Waals surface area (Å²) in [5, 5.41) is 0. The van der Waals surface area contributed by atoms with Gasteiger partial charge in [0.05, 0.1) is 5.56 Å². The van der Waals surface area contributed by atoms with Gasteiger partial charge in [-0.25, -0.2) is 4.39 Å². The Bertz CT molecular complexity index is 334. The number of hydrogen-bond acceptors (Lipinski definition) is 2. The highest BCUT2D eigenvalue weighted by Crippen LogP contribution is 2.16. The minimum absolute atomic E-state index is 0.144. The van der Waals surface area contributed by atoms with Crippen LogP contribution in [0.5, 0.6) is 0 Å². The van der Waals surface area contributed by atoms with Crippen molar-refractivity contribution in [1.29, 1.82) is 0 Å². The number of benzene rings is 1. The molecule has 70 valence electrons. The van der Waals surface area contributed by atoms with Crippen LogP contribution >= 0.6 is 0 Å². The van der Waals surface area contributed by atoms with E-state index in [-0.39, 0.29) is 11.3 Å². The van der Waals surface area contributed by atoms with Gasteiger partial charge in [0.25, 0.3) is 0 Å². The van der Waals surface area contributed by atoms with Gasteiger partial charge in [0.2, 0.25) is 0 Å². The molecule has 0 N–H and O–H groups in total. The maximum absolute atomic E-state index is 13.2. The summed E-state index contributed by atoms with van der Waals surface area (Å²) in [6.45, 7) is 1.35. The number of carbonyl (C=O) groups is 1. The summed E-state index contributed by atoms with van der Waals surface area (Å²) in [4.78, 5) is 12.7. The first-order chi connectivity index (χ1) is 6.02. The molecule has 0 aromatic heterocycles. The first-order valence-corrected chi connectivity index (χ1v) is 4.00. The van der Waals surface area contributed by atoms with E-state index in [1.54, 1.807) is 11.0 Å². The molecule has 1 aromatic rings. The molecule has 2 nitrogen and oxygen atoms in total. The van der Waals surface area contributed by atoms with Crippen molar-refractivity contribution in [2.24, 2.45) is 0 Å². The van der Waals surface area contributed by atoms with Gasteiger partial charge >= 0.3 is 0 Å². The van der Waals surface area contributed by atoms with Crippen LogP contribution in [0.4, 0.5) is 10.1 Å². The fourth-order valence-electron chi connectivity index (χ4n) is 1.07. The van der Waals surface area contributed by atoms with Crippen LogP contribution < -0.4 is 4.90 Å². The van der Waals surface area contributed by atoms with E-state index >= 15 is 0 Å². The molecule has 0 radical (unpaired) electrons. The van der Waals surface area contributed by atoms with Crippen LogP contribution in [-0.4, -0.2) is 19.9 Å². The molecule has 0 saturated heterocycles. The second-order valence-electron chi connectivity index (χ2n) is 3.11. The molecule has 0 aliphatic heterocycles. The van der Waals surface area contributed by atoms with Gasteiger partial charge in [0, 0.05) is 19.8 Å². The predicted octanol–water partition coefficient (Wildman–Crippen LogP) is 2.09. The molecular weight excluding hydrogens is 169 g/mol. The van der Waals surface area contributed by atoms with Crippen molar-refractivity contribution >= 4 is 11.5 Å². The number of anilines is 1. The average molecular weight is 181 g/mol. The first kappa shape index (κ1) is 9.71. The zero-order valence-electron chi connectivity index (χ0n) is 7.97. The Kier molecular flexibility index (Phi) is 2.66. The lowest BCUT2D eigenvalue weighted by atomic mass is 10.1. The van der Waals surface area contributed by atoms with Gasteiger partial charge in [0.1, 0.15) is 5.82 Å². The van der Waals surface area contributed by atoms with Crippen molar-refractivity contribution in [2.75, 3.05) is 19.0 Å². The van der Waals surface area contributed by atoms with Crippen molar-refractivity contribution in [3.63, 3.8) is 0 Å². The Balaban J connectivity index is 3.13. The monoisotopic (exact) mass is 181 g/mol. The third-order valence-electron chi connectivity index (χ3n) is 1.85. The van der Waals surface area contributed by atoms with Crippen LogP contribution in [0.25, 0.3) is 0 Å². The van der Waals surface area contributed by atoms with Gasteiger partial charge in [-0.15, -0.1) is 0 Å². The number of nitrogens with zero attached hydrogens (tertiary/aromatic N) is 1. The Morgan fingerprint density at radius 3 is 2.38 bits per heavy atom. The van der Waals surface area contributed by atoms with Gasteiger partial charge in [-0.2, -0.15) is 0 Å². The topological polar surface area (TPSA) is 20.3 Å². The molecular formula is C10H12FNO. The van der Waals surface area contributed by atoms with Gasteiger partial charge in [-0.3, -0.25) is 4.79 Å². The number of Topliss-reactive ketones (excluding diaryl/α,β-unsaturated/α-hetero) is 1. The summed E-state index contributed by atoms with van der Waals surface area (Å²) < 4.78 is 13.2. The van der Waals surface area contributed by atoms with Gasteiger partial charge in [0.15, 0.2) is 5.78 Å². The molecule has 3 heteroatoms. The number of hydrogen-bond donors (Lipinski definition) is 0. The molecule has 0 bridgehead atoms. The molecule has 0 saturated carbocycles. The van der Waals surface area contributed by atoms with Crippen molar-refractivity contribution in [3.8, 4) is 0 Å². The zero-order valence-corrected chi connectivity index (χ0v) is 7.97. The Morgan fingerprint density at radius 1 is 1.38 bits per heavy atom. The minimum Gasteiger partial charge on any atom is -0.378 e. The fraction of sp³-hybridized carbons (Fsp3) is 0.300. The molecule has 1 rings (SSSR count). The lowest BCUT2D eigenvalue weighted by Crippen LogP contribution is -2.09. The Hall–Kier alpha value is -1.38. The van der Waals surface area contributed by atoms with E-state index in [1.165, 1.54) is 19.1 Å². The van der Waals surface area contributed by atoms with Crippen molar-refractivity contribution in [3.05, 3.63) is 29.6 Å². The number of rotatable bonds is 2. The summed E-state index contributed by atoms with van der Waals surface area (Å²) in [6, 6.07) is 4.59. The quantitative estimate of drug-likeness (QED) is 0.651. The van der Waals surface area contributed by atoms with E-state index in [2.05, 4.69) is 0 Å². The Morgan fingerprint density at radius 2 is 2.00 bits per heavy atom. The molecule has 0 unspecified atom stereocenters. The van der Waals surface area contributed by atoms with Crippen LogP contribution in [0.15, 0.2) is 18.2 Å². The highest BCUT2D eigenvalue weighted by Gasteiger charge is 2.07. The van der Waals surface area contributed by atoms with E-state index in [4.69, 9.17) is 0 Å². The molecule has 0 amide bonds. The normalized spacial score (nSPS) is 9.85. The van der Waals surface area contributed by atoms with Crippen molar-refractivity contribution < 1.29 is 9.18 Å². The SMILES string of the molecule is CC(=O)c1ccc(N(C)C)cc1F. The zero-order chi connectivity index (χ0) is 10.0. The van der Waals surface area contributed by atoms with Crippen LogP contribution in [-0.2, 0) is 0 Å². The summed E-state index contributed by atoms with van der Waals surface area (Å²) in [7, 11) is 3.64. The van der Waals surface area contributed by atoms with E-state index in [9.17, 15) is 9.18 Å². The van der Waals surface area contributed by atoms with Gasteiger partial charge in [-0.1, -0.05) is 0 Å². The standard InChI is InChI=1S/C10H12FNO/c1-7(13)9-5-4-8(12(2)3)6-10(9)11/h4-6H,1-3H3. The number of carbonyl (C=O) groups excluding carboxylic acids is 1. The Labute approximate surface area is 77.0 Å². The van der Waals surface area contributed by atoms with Gasteiger partial charge < -0.3 is 4.90 Å². The van der Waals surface area contributed by atoms with E-state index < -0.39 is 5.82 Å². The van der Waals surface area contributed by atoms with Crippen LogP contribution in [0.1, 0.15) is 17.3 Å². The molecule has 1 aromatic carbocycles. The van der Waals surface area contributed by atoms with Crippen LogP contribution in [0.2, 0.25) is 0 Å². The number of halogens is 1.